The third-order valence-corrected chi connectivity index (χ3v) is 3.56. The first-order valence-electron chi connectivity index (χ1n) is 6.35. The molecule has 0 aromatic heterocycles. The van der Waals surface area contributed by atoms with Crippen LogP contribution in [0.3, 0.4) is 0 Å². The van der Waals surface area contributed by atoms with E-state index in [4.69, 9.17) is 5.73 Å². The molecule has 5 nitrogen and oxygen atoms in total. The van der Waals surface area contributed by atoms with Crippen molar-refractivity contribution in [1.29, 1.82) is 0 Å². The number of nitrogens with one attached hydrogen (secondary N) is 1. The zero-order valence-electron chi connectivity index (χ0n) is 10.6. The average molecular weight is 249 g/mol. The summed E-state index contributed by atoms with van der Waals surface area (Å²) in [5.41, 5.74) is 7.83. The normalized spacial score (nSPS) is 23.7. The molecule has 0 spiro atoms. The first kappa shape index (κ1) is 12.8. The second-order valence-electron chi connectivity index (χ2n) is 4.96. The molecule has 0 bridgehead atoms. The van der Waals surface area contributed by atoms with Crippen molar-refractivity contribution < 1.29 is 4.92 Å². The first-order chi connectivity index (χ1) is 8.58. The number of rotatable bonds is 3. The third kappa shape index (κ3) is 2.79. The van der Waals surface area contributed by atoms with Gasteiger partial charge in [0, 0.05) is 29.4 Å². The molecular formula is C13H19N3O2. The minimum absolute atomic E-state index is 0.161. The number of hydrogen-bond donors (Lipinski definition) is 2. The Morgan fingerprint density at radius 1 is 1.39 bits per heavy atom. The Labute approximate surface area is 107 Å². The summed E-state index contributed by atoms with van der Waals surface area (Å²) in [5, 5.41) is 14.1. The second-order valence-corrected chi connectivity index (χ2v) is 4.96. The van der Waals surface area contributed by atoms with Gasteiger partial charge >= 0.3 is 0 Å². The van der Waals surface area contributed by atoms with Crippen molar-refractivity contribution >= 4 is 11.4 Å². The molecule has 2 rings (SSSR count). The molecule has 5 heteroatoms. The minimum atomic E-state index is -0.356. The maximum atomic E-state index is 10.7. The Bertz CT molecular complexity index is 448. The smallest absolute Gasteiger partial charge is 0.272 e. The van der Waals surface area contributed by atoms with Gasteiger partial charge in [0.15, 0.2) is 0 Å². The summed E-state index contributed by atoms with van der Waals surface area (Å²) in [6.07, 6.45) is 4.50. The molecule has 0 radical (unpaired) electrons. The summed E-state index contributed by atoms with van der Waals surface area (Å²) >= 11 is 0. The van der Waals surface area contributed by atoms with Gasteiger partial charge in [-0.3, -0.25) is 10.1 Å². The molecule has 1 fully saturated rings. The van der Waals surface area contributed by atoms with E-state index in [1.54, 1.807) is 19.1 Å². The molecule has 0 amide bonds. The number of hydrogen-bond acceptors (Lipinski definition) is 4. The third-order valence-electron chi connectivity index (χ3n) is 3.56. The van der Waals surface area contributed by atoms with Crippen LogP contribution in [-0.4, -0.2) is 17.0 Å². The predicted octanol–water partition coefficient (Wildman–Crippen LogP) is 2.59. The Morgan fingerprint density at radius 3 is 2.72 bits per heavy atom. The minimum Gasteiger partial charge on any atom is -0.381 e. The zero-order chi connectivity index (χ0) is 13.1. The number of nitro groups is 1. The van der Waals surface area contributed by atoms with E-state index in [0.29, 0.717) is 5.56 Å². The SMILES string of the molecule is Cc1cc(NC2CCCCC2N)ccc1[N+](=O)[O-]. The average Bonchev–Trinajstić information content (AvgIpc) is 2.32. The summed E-state index contributed by atoms with van der Waals surface area (Å²) in [6.45, 7) is 1.75. The van der Waals surface area contributed by atoms with Gasteiger partial charge in [-0.05, 0) is 31.9 Å². The monoisotopic (exact) mass is 249 g/mol. The number of aryl methyl sites for hydroxylation is 1. The summed E-state index contributed by atoms with van der Waals surface area (Å²) in [6, 6.07) is 5.58. The molecule has 1 aliphatic carbocycles. The van der Waals surface area contributed by atoms with Crippen LogP contribution < -0.4 is 11.1 Å². The lowest BCUT2D eigenvalue weighted by atomic mass is 9.91. The van der Waals surface area contributed by atoms with Crippen LogP contribution in [0.1, 0.15) is 31.2 Å². The lowest BCUT2D eigenvalue weighted by molar-refractivity contribution is -0.385. The van der Waals surface area contributed by atoms with Crippen LogP contribution >= 0.6 is 0 Å². The molecule has 0 aliphatic heterocycles. The second kappa shape index (κ2) is 5.35. The quantitative estimate of drug-likeness (QED) is 0.637. The van der Waals surface area contributed by atoms with Crippen molar-refractivity contribution in [2.75, 3.05) is 5.32 Å². The van der Waals surface area contributed by atoms with E-state index in [-0.39, 0.29) is 22.7 Å². The van der Waals surface area contributed by atoms with Crippen molar-refractivity contribution in [3.63, 3.8) is 0 Å². The van der Waals surface area contributed by atoms with Gasteiger partial charge in [-0.1, -0.05) is 12.8 Å². The topological polar surface area (TPSA) is 81.2 Å². The van der Waals surface area contributed by atoms with E-state index >= 15 is 0 Å². The van der Waals surface area contributed by atoms with Crippen molar-refractivity contribution in [3.05, 3.63) is 33.9 Å². The van der Waals surface area contributed by atoms with Crippen LogP contribution in [0.25, 0.3) is 0 Å². The van der Waals surface area contributed by atoms with Gasteiger partial charge in [0.05, 0.1) is 4.92 Å². The molecule has 18 heavy (non-hydrogen) atoms. The molecule has 0 saturated heterocycles. The number of nitro benzene ring substituents is 1. The van der Waals surface area contributed by atoms with Gasteiger partial charge in [-0.2, -0.15) is 0 Å². The Kier molecular flexibility index (Phi) is 3.81. The molecule has 98 valence electrons. The maximum Gasteiger partial charge on any atom is 0.272 e. The highest BCUT2D eigenvalue weighted by atomic mass is 16.6. The molecular weight excluding hydrogens is 230 g/mol. The van der Waals surface area contributed by atoms with E-state index in [2.05, 4.69) is 5.32 Å². The zero-order valence-corrected chi connectivity index (χ0v) is 10.6. The first-order valence-corrected chi connectivity index (χ1v) is 6.35. The van der Waals surface area contributed by atoms with Gasteiger partial charge in [-0.15, -0.1) is 0 Å². The summed E-state index contributed by atoms with van der Waals surface area (Å²) in [7, 11) is 0. The molecule has 1 saturated carbocycles. The summed E-state index contributed by atoms with van der Waals surface area (Å²) < 4.78 is 0. The lowest BCUT2D eigenvalue weighted by Crippen LogP contribution is -2.42. The van der Waals surface area contributed by atoms with Crippen LogP contribution in [0.4, 0.5) is 11.4 Å². The van der Waals surface area contributed by atoms with Crippen molar-refractivity contribution in [2.45, 2.75) is 44.7 Å². The molecule has 1 aliphatic rings. The van der Waals surface area contributed by atoms with Crippen LogP contribution in [0.15, 0.2) is 18.2 Å². The van der Waals surface area contributed by atoms with E-state index in [1.165, 1.54) is 12.8 Å². The molecule has 2 atom stereocenters. The van der Waals surface area contributed by atoms with E-state index < -0.39 is 0 Å². The fourth-order valence-corrected chi connectivity index (χ4v) is 2.50. The van der Waals surface area contributed by atoms with Gasteiger partial charge in [0.2, 0.25) is 0 Å². The lowest BCUT2D eigenvalue weighted by Gasteiger charge is -2.30. The predicted molar refractivity (Wildman–Crippen MR) is 71.7 cm³/mol. The van der Waals surface area contributed by atoms with Gasteiger partial charge in [-0.25, -0.2) is 0 Å². The van der Waals surface area contributed by atoms with E-state index in [9.17, 15) is 10.1 Å². The summed E-state index contributed by atoms with van der Waals surface area (Å²) in [4.78, 5) is 10.4. The van der Waals surface area contributed by atoms with Crippen molar-refractivity contribution in [1.82, 2.24) is 0 Å². The van der Waals surface area contributed by atoms with Crippen molar-refractivity contribution in [3.8, 4) is 0 Å². The van der Waals surface area contributed by atoms with Crippen LogP contribution in [0.5, 0.6) is 0 Å². The molecule has 2 unspecified atom stereocenters. The van der Waals surface area contributed by atoms with Crippen LogP contribution in [0.2, 0.25) is 0 Å². The van der Waals surface area contributed by atoms with Gasteiger partial charge < -0.3 is 11.1 Å². The fourth-order valence-electron chi connectivity index (χ4n) is 2.50. The number of anilines is 1. The number of nitrogens with zero attached hydrogens (tertiary/aromatic N) is 1. The highest BCUT2D eigenvalue weighted by Gasteiger charge is 2.21. The van der Waals surface area contributed by atoms with E-state index in [0.717, 1.165) is 18.5 Å². The molecule has 0 heterocycles. The highest BCUT2D eigenvalue weighted by Crippen LogP contribution is 2.25. The summed E-state index contributed by atoms with van der Waals surface area (Å²) in [5.74, 6) is 0. The maximum absolute atomic E-state index is 10.7. The Morgan fingerprint density at radius 2 is 2.11 bits per heavy atom. The number of nitrogens with two attached hydrogens (primary N) is 1. The largest absolute Gasteiger partial charge is 0.381 e. The molecule has 3 N–H and O–H groups in total. The van der Waals surface area contributed by atoms with Gasteiger partial charge in [0.25, 0.3) is 5.69 Å². The highest BCUT2D eigenvalue weighted by molar-refractivity contribution is 5.54. The Balaban J connectivity index is 2.10. The van der Waals surface area contributed by atoms with Gasteiger partial charge in [0.1, 0.15) is 0 Å². The van der Waals surface area contributed by atoms with Crippen molar-refractivity contribution in [2.24, 2.45) is 5.73 Å². The van der Waals surface area contributed by atoms with E-state index in [1.807, 2.05) is 6.07 Å². The van der Waals surface area contributed by atoms with Crippen LogP contribution in [0, 0.1) is 17.0 Å². The molecule has 1 aromatic carbocycles. The Hall–Kier alpha value is -1.62. The fraction of sp³-hybridized carbons (Fsp3) is 0.538. The van der Waals surface area contributed by atoms with Crippen LogP contribution in [-0.2, 0) is 0 Å². The molecule has 1 aromatic rings. The number of benzene rings is 1. The standard InChI is InChI=1S/C13H19N3O2/c1-9-8-10(6-7-13(9)16(17)18)15-12-5-3-2-4-11(12)14/h6-8,11-12,15H,2-5,14H2,1H3.